The van der Waals surface area contributed by atoms with Crippen LogP contribution >= 0.6 is 0 Å². The topological polar surface area (TPSA) is 38.8 Å². The van der Waals surface area contributed by atoms with Crippen LogP contribution in [0.4, 0.5) is 8.78 Å². The largest absolute Gasteiger partial charge is 0.493 e. The molecule has 0 aliphatic heterocycles. The van der Waals surface area contributed by atoms with Gasteiger partial charge in [-0.15, -0.1) is 0 Å². The van der Waals surface area contributed by atoms with Crippen molar-refractivity contribution >= 4 is 12.0 Å². The maximum atomic E-state index is 12.5. The Labute approximate surface area is 147 Å². The number of hydrogen-bond acceptors (Lipinski definition) is 3. The van der Waals surface area contributed by atoms with Gasteiger partial charge in [0, 0.05) is 18.7 Å². The first-order valence-electron chi connectivity index (χ1n) is 8.66. The Kier molecular flexibility index (Phi) is 7.22. The smallest absolute Gasteiger partial charge is 0.387 e. The van der Waals surface area contributed by atoms with Crippen molar-refractivity contribution in [1.29, 1.82) is 0 Å². The molecule has 1 aliphatic carbocycles. The van der Waals surface area contributed by atoms with Crippen molar-refractivity contribution in [1.82, 2.24) is 4.90 Å². The average molecular weight is 353 g/mol. The highest BCUT2D eigenvalue weighted by molar-refractivity contribution is 5.92. The molecule has 138 valence electrons. The summed E-state index contributed by atoms with van der Waals surface area (Å²) in [4.78, 5) is 14.4. The van der Waals surface area contributed by atoms with Crippen molar-refractivity contribution in [3.8, 4) is 11.5 Å². The second kappa shape index (κ2) is 9.39. The molecule has 0 unspecified atom stereocenters. The lowest BCUT2D eigenvalue weighted by atomic mass is 9.94. The molecule has 1 amide bonds. The van der Waals surface area contributed by atoms with Gasteiger partial charge in [0.25, 0.3) is 0 Å². The van der Waals surface area contributed by atoms with E-state index in [9.17, 15) is 13.6 Å². The zero-order valence-electron chi connectivity index (χ0n) is 14.7. The highest BCUT2D eigenvalue weighted by Crippen LogP contribution is 2.30. The Morgan fingerprint density at radius 1 is 1.28 bits per heavy atom. The number of benzene rings is 1. The summed E-state index contributed by atoms with van der Waals surface area (Å²) < 4.78 is 34.2. The Morgan fingerprint density at radius 2 is 2.00 bits per heavy atom. The molecule has 0 bridgehead atoms. The molecule has 25 heavy (non-hydrogen) atoms. The minimum atomic E-state index is -2.91. The second-order valence-corrected chi connectivity index (χ2v) is 6.04. The highest BCUT2D eigenvalue weighted by Gasteiger charge is 2.22. The standard InChI is InChI=1S/C19H25F2NO3/c1-3-22(15-7-5-4-6-8-15)18(23)12-10-14-9-11-16(25-19(20)21)17(13-14)24-2/h9-13,15,19H,3-8H2,1-2H3/b12-10+. The molecule has 0 atom stereocenters. The van der Waals surface area contributed by atoms with E-state index in [2.05, 4.69) is 4.74 Å². The molecule has 2 rings (SSSR count). The summed E-state index contributed by atoms with van der Waals surface area (Å²) in [7, 11) is 1.38. The number of amides is 1. The molecule has 1 aromatic rings. The van der Waals surface area contributed by atoms with Gasteiger partial charge in [-0.3, -0.25) is 4.79 Å². The van der Waals surface area contributed by atoms with E-state index in [-0.39, 0.29) is 17.4 Å². The van der Waals surface area contributed by atoms with Gasteiger partial charge in [0.2, 0.25) is 5.91 Å². The first-order valence-corrected chi connectivity index (χ1v) is 8.66. The Bertz CT molecular complexity index is 598. The van der Waals surface area contributed by atoms with Gasteiger partial charge < -0.3 is 14.4 Å². The lowest BCUT2D eigenvalue weighted by Gasteiger charge is -2.32. The number of rotatable bonds is 7. The van der Waals surface area contributed by atoms with Gasteiger partial charge in [0.1, 0.15) is 0 Å². The van der Waals surface area contributed by atoms with E-state index < -0.39 is 6.61 Å². The van der Waals surface area contributed by atoms with Crippen LogP contribution in [-0.4, -0.2) is 37.1 Å². The van der Waals surface area contributed by atoms with E-state index in [1.165, 1.54) is 38.5 Å². The molecule has 0 heterocycles. The first kappa shape index (κ1) is 19.2. The van der Waals surface area contributed by atoms with Crippen molar-refractivity contribution in [2.45, 2.75) is 51.7 Å². The van der Waals surface area contributed by atoms with Gasteiger partial charge in [-0.1, -0.05) is 25.3 Å². The SMILES string of the molecule is CCN(C(=O)/C=C/c1ccc(OC(F)F)c(OC)c1)C1CCCCC1. The third-order valence-electron chi connectivity index (χ3n) is 4.46. The lowest BCUT2D eigenvalue weighted by Crippen LogP contribution is -2.40. The molecule has 0 saturated heterocycles. The van der Waals surface area contributed by atoms with Gasteiger partial charge in [0.05, 0.1) is 7.11 Å². The molecule has 0 N–H and O–H groups in total. The summed E-state index contributed by atoms with van der Waals surface area (Å²) in [5.41, 5.74) is 0.687. The number of carbonyl (C=O) groups excluding carboxylic acids is 1. The quantitative estimate of drug-likeness (QED) is 0.678. The predicted molar refractivity (Wildman–Crippen MR) is 92.9 cm³/mol. The van der Waals surface area contributed by atoms with Crippen LogP contribution < -0.4 is 9.47 Å². The van der Waals surface area contributed by atoms with E-state index in [1.807, 2.05) is 11.8 Å². The van der Waals surface area contributed by atoms with Crippen LogP contribution in [0.25, 0.3) is 6.08 Å². The Hall–Kier alpha value is -2.11. The highest BCUT2D eigenvalue weighted by atomic mass is 19.3. The minimum Gasteiger partial charge on any atom is -0.493 e. The predicted octanol–water partition coefficient (Wildman–Crippen LogP) is 4.49. The maximum Gasteiger partial charge on any atom is 0.387 e. The molecule has 4 nitrogen and oxygen atoms in total. The van der Waals surface area contributed by atoms with Crippen LogP contribution in [0.5, 0.6) is 11.5 Å². The number of alkyl halides is 2. The molecule has 1 aromatic carbocycles. The summed E-state index contributed by atoms with van der Waals surface area (Å²) in [5.74, 6) is 0.147. The summed E-state index contributed by atoms with van der Waals surface area (Å²) in [6.45, 7) is -0.247. The zero-order valence-corrected chi connectivity index (χ0v) is 14.7. The van der Waals surface area contributed by atoms with E-state index in [0.29, 0.717) is 18.2 Å². The van der Waals surface area contributed by atoms with Crippen molar-refractivity contribution in [3.05, 3.63) is 29.8 Å². The number of halogens is 2. The van der Waals surface area contributed by atoms with Crippen LogP contribution in [0, 0.1) is 0 Å². The summed E-state index contributed by atoms with van der Waals surface area (Å²) in [6.07, 6.45) is 8.89. The number of nitrogens with zero attached hydrogens (tertiary/aromatic N) is 1. The van der Waals surface area contributed by atoms with Gasteiger partial charge >= 0.3 is 6.61 Å². The van der Waals surface area contributed by atoms with Crippen LogP contribution in [-0.2, 0) is 4.79 Å². The molecular weight excluding hydrogens is 328 g/mol. The molecule has 6 heteroatoms. The van der Waals surface area contributed by atoms with E-state index in [0.717, 1.165) is 12.8 Å². The fourth-order valence-corrected chi connectivity index (χ4v) is 3.23. The third-order valence-corrected chi connectivity index (χ3v) is 4.46. The molecule has 0 radical (unpaired) electrons. The summed E-state index contributed by atoms with van der Waals surface area (Å²) in [5, 5.41) is 0. The van der Waals surface area contributed by atoms with Gasteiger partial charge in [-0.2, -0.15) is 8.78 Å². The molecular formula is C19H25F2NO3. The van der Waals surface area contributed by atoms with Crippen LogP contribution in [0.3, 0.4) is 0 Å². The molecule has 0 aromatic heterocycles. The fraction of sp³-hybridized carbons (Fsp3) is 0.526. The van der Waals surface area contributed by atoms with E-state index in [1.54, 1.807) is 18.2 Å². The molecule has 1 saturated carbocycles. The van der Waals surface area contributed by atoms with E-state index >= 15 is 0 Å². The summed E-state index contributed by atoms with van der Waals surface area (Å²) >= 11 is 0. The number of methoxy groups -OCH3 is 1. The van der Waals surface area contributed by atoms with Gasteiger partial charge in [-0.25, -0.2) is 0 Å². The first-order chi connectivity index (χ1) is 12.0. The molecule has 0 spiro atoms. The van der Waals surface area contributed by atoms with Crippen LogP contribution in [0.1, 0.15) is 44.6 Å². The number of carbonyl (C=O) groups is 1. The molecule has 1 aliphatic rings. The fourth-order valence-electron chi connectivity index (χ4n) is 3.23. The molecule has 1 fully saturated rings. The zero-order chi connectivity index (χ0) is 18.2. The van der Waals surface area contributed by atoms with Crippen molar-refractivity contribution in [2.24, 2.45) is 0 Å². The van der Waals surface area contributed by atoms with Gasteiger partial charge in [0.15, 0.2) is 11.5 Å². The minimum absolute atomic E-state index is 0.0266. The maximum absolute atomic E-state index is 12.5. The van der Waals surface area contributed by atoms with Crippen molar-refractivity contribution in [2.75, 3.05) is 13.7 Å². The third kappa shape index (κ3) is 5.44. The lowest BCUT2D eigenvalue weighted by molar-refractivity contribution is -0.128. The number of hydrogen-bond donors (Lipinski definition) is 0. The Balaban J connectivity index is 2.07. The number of likely N-dealkylation sites (N-methyl/N-ethyl adjacent to an activating group) is 1. The van der Waals surface area contributed by atoms with Crippen molar-refractivity contribution < 1.29 is 23.0 Å². The van der Waals surface area contributed by atoms with Gasteiger partial charge in [-0.05, 0) is 43.5 Å². The van der Waals surface area contributed by atoms with Crippen molar-refractivity contribution in [3.63, 3.8) is 0 Å². The Morgan fingerprint density at radius 3 is 2.60 bits per heavy atom. The number of ether oxygens (including phenoxy) is 2. The average Bonchev–Trinajstić information content (AvgIpc) is 2.62. The monoisotopic (exact) mass is 353 g/mol. The normalized spacial score (nSPS) is 15.6. The summed E-state index contributed by atoms with van der Waals surface area (Å²) in [6, 6.07) is 4.90. The van der Waals surface area contributed by atoms with Crippen LogP contribution in [0.15, 0.2) is 24.3 Å². The second-order valence-electron chi connectivity index (χ2n) is 6.04. The van der Waals surface area contributed by atoms with Crippen LogP contribution in [0.2, 0.25) is 0 Å². The van der Waals surface area contributed by atoms with E-state index in [4.69, 9.17) is 4.74 Å².